The molecule has 210 valence electrons. The molecule has 4 aromatic carbocycles. The van der Waals surface area contributed by atoms with Crippen molar-refractivity contribution in [2.24, 2.45) is 0 Å². The van der Waals surface area contributed by atoms with Crippen molar-refractivity contribution in [2.75, 3.05) is 0 Å². The molecular formula is C38H32B2N4. The monoisotopic (exact) mass is 566 g/mol. The Labute approximate surface area is 259 Å². The predicted octanol–water partition coefficient (Wildman–Crippen LogP) is 4.11. The van der Waals surface area contributed by atoms with Crippen LogP contribution >= 0.6 is 0 Å². The summed E-state index contributed by atoms with van der Waals surface area (Å²) in [4.78, 5) is 4.02. The lowest BCUT2D eigenvalue weighted by Gasteiger charge is -2.22. The van der Waals surface area contributed by atoms with Gasteiger partial charge < -0.3 is 8.96 Å². The Morgan fingerprint density at radius 2 is 0.909 bits per heavy atom. The molecule has 0 spiro atoms. The third-order valence-electron chi connectivity index (χ3n) is 8.66. The molecule has 0 radical (unpaired) electrons. The molecule has 4 nitrogen and oxygen atoms in total. The SMILES string of the molecule is [C-]#[N+]/C(C)=c1\c2c(C)n(B(c3ccccc3)c3ccccc3)/c(=C(\C)C#N)c2c(C)n1B(c1ccccc1)c1ccccc1. The van der Waals surface area contributed by atoms with Gasteiger partial charge in [-0.05, 0) is 27.7 Å². The van der Waals surface area contributed by atoms with Crippen molar-refractivity contribution in [3.63, 3.8) is 0 Å². The second kappa shape index (κ2) is 12.0. The van der Waals surface area contributed by atoms with Gasteiger partial charge in [0.15, 0.2) is 5.70 Å². The van der Waals surface area contributed by atoms with Gasteiger partial charge >= 0.3 is 13.7 Å². The molecule has 0 amide bonds. The number of benzene rings is 4. The summed E-state index contributed by atoms with van der Waals surface area (Å²) in [5.41, 5.74) is 7.87. The van der Waals surface area contributed by atoms with Crippen molar-refractivity contribution >= 4 is 57.6 Å². The molecule has 0 N–H and O–H groups in total. The van der Waals surface area contributed by atoms with E-state index >= 15 is 0 Å². The van der Waals surface area contributed by atoms with E-state index < -0.39 is 0 Å². The van der Waals surface area contributed by atoms with Gasteiger partial charge in [-0.1, -0.05) is 143 Å². The summed E-state index contributed by atoms with van der Waals surface area (Å²) >= 11 is 0. The molecule has 6 rings (SSSR count). The van der Waals surface area contributed by atoms with Gasteiger partial charge in [0.1, 0.15) is 0 Å². The summed E-state index contributed by atoms with van der Waals surface area (Å²) in [6.07, 6.45) is 0. The molecule has 0 aliphatic rings. The number of nitriles is 1. The first kappa shape index (κ1) is 28.7. The van der Waals surface area contributed by atoms with Gasteiger partial charge in [-0.3, -0.25) is 0 Å². The van der Waals surface area contributed by atoms with E-state index in [4.69, 9.17) is 6.57 Å². The summed E-state index contributed by atoms with van der Waals surface area (Å²) in [6, 6.07) is 44.4. The summed E-state index contributed by atoms with van der Waals surface area (Å²) in [6.45, 7) is 16.0. The highest BCUT2D eigenvalue weighted by molar-refractivity contribution is 6.85. The van der Waals surface area contributed by atoms with Crippen molar-refractivity contribution in [1.29, 1.82) is 5.26 Å². The summed E-state index contributed by atoms with van der Waals surface area (Å²) in [7, 11) is 0. The standard InChI is InChI=1S/C38H32B2N4/c1-27(26-41)37-35-29(3)44(40(33-22-14-8-15-23-33)34-24-16-9-17-25-34)38(28(2)42-5)36(35)30(4)43(37)39(31-18-10-6-11-19-31)32-20-12-7-13-21-32/h6-25H,1-4H3/b37-27+,38-28+. The van der Waals surface area contributed by atoms with Crippen LogP contribution in [0.1, 0.15) is 25.2 Å². The fourth-order valence-electron chi connectivity index (χ4n) is 6.76. The number of aromatic nitrogens is 2. The van der Waals surface area contributed by atoms with Crippen molar-refractivity contribution in [3.8, 4) is 6.07 Å². The van der Waals surface area contributed by atoms with Gasteiger partial charge in [0, 0.05) is 33.1 Å². The van der Waals surface area contributed by atoms with E-state index in [-0.39, 0.29) is 13.7 Å². The Morgan fingerprint density at radius 1 is 0.591 bits per heavy atom. The smallest absolute Gasteiger partial charge is 0.327 e. The van der Waals surface area contributed by atoms with Crippen LogP contribution in [0.4, 0.5) is 0 Å². The highest BCUT2D eigenvalue weighted by atomic mass is 15.0. The van der Waals surface area contributed by atoms with Gasteiger partial charge in [-0.25, -0.2) is 4.85 Å². The van der Waals surface area contributed by atoms with Crippen molar-refractivity contribution in [3.05, 3.63) is 155 Å². The first-order valence-electron chi connectivity index (χ1n) is 14.9. The molecule has 0 atom stereocenters. The van der Waals surface area contributed by atoms with Gasteiger partial charge in [-0.15, -0.1) is 0 Å². The Bertz CT molecular complexity index is 1930. The average molecular weight is 566 g/mol. The van der Waals surface area contributed by atoms with Crippen molar-refractivity contribution < 1.29 is 0 Å². The molecule has 2 heterocycles. The second-order valence-corrected chi connectivity index (χ2v) is 11.2. The number of aryl methyl sites for hydroxylation is 2. The first-order chi connectivity index (χ1) is 21.5. The summed E-state index contributed by atoms with van der Waals surface area (Å²) < 4.78 is 4.65. The van der Waals surface area contributed by atoms with Crippen molar-refractivity contribution in [2.45, 2.75) is 27.7 Å². The topological polar surface area (TPSA) is 38.0 Å². The normalized spacial score (nSPS) is 12.3. The minimum Gasteiger partial charge on any atom is -0.389 e. The zero-order valence-electron chi connectivity index (χ0n) is 25.5. The minimum atomic E-state index is -0.156. The van der Waals surface area contributed by atoms with Crippen LogP contribution < -0.4 is 32.5 Å². The van der Waals surface area contributed by atoms with Crippen LogP contribution in [0.2, 0.25) is 0 Å². The lowest BCUT2D eigenvalue weighted by atomic mass is 9.50. The molecular weight excluding hydrogens is 534 g/mol. The van der Waals surface area contributed by atoms with Gasteiger partial charge in [0.25, 0.3) is 0 Å². The van der Waals surface area contributed by atoms with Gasteiger partial charge in [0.05, 0.1) is 18.0 Å². The summed E-state index contributed by atoms with van der Waals surface area (Å²) in [5, 5.41) is 14.3. The van der Waals surface area contributed by atoms with Crippen LogP contribution in [0.25, 0.3) is 26.9 Å². The van der Waals surface area contributed by atoms with E-state index in [0.717, 1.165) is 54.7 Å². The lowest BCUT2D eigenvalue weighted by molar-refractivity contribution is 1.04. The maximum Gasteiger partial charge on any atom is 0.327 e. The molecule has 6 aromatic rings. The Morgan fingerprint density at radius 3 is 1.23 bits per heavy atom. The Hall–Kier alpha value is -5.45. The zero-order valence-corrected chi connectivity index (χ0v) is 25.5. The van der Waals surface area contributed by atoms with E-state index in [1.807, 2.05) is 38.1 Å². The Balaban J connectivity index is 1.82. The second-order valence-electron chi connectivity index (χ2n) is 11.2. The molecule has 6 heteroatoms. The van der Waals surface area contributed by atoms with E-state index in [1.165, 1.54) is 0 Å². The van der Waals surface area contributed by atoms with E-state index in [9.17, 15) is 5.26 Å². The largest absolute Gasteiger partial charge is 0.389 e. The molecule has 0 bridgehead atoms. The number of rotatable bonds is 6. The molecule has 0 saturated carbocycles. The highest BCUT2D eigenvalue weighted by Crippen LogP contribution is 2.22. The molecule has 0 unspecified atom stereocenters. The number of fused-ring (bicyclic) bond motifs is 1. The van der Waals surface area contributed by atoms with Crippen LogP contribution in [-0.2, 0) is 0 Å². The van der Waals surface area contributed by atoms with Gasteiger partial charge in [-0.2, -0.15) is 5.26 Å². The third-order valence-corrected chi connectivity index (χ3v) is 8.66. The van der Waals surface area contributed by atoms with Crippen LogP contribution in [0.3, 0.4) is 0 Å². The average Bonchev–Trinajstić information content (AvgIpc) is 3.53. The van der Waals surface area contributed by atoms with E-state index in [0.29, 0.717) is 11.3 Å². The third kappa shape index (κ3) is 4.76. The van der Waals surface area contributed by atoms with Crippen LogP contribution in [0.5, 0.6) is 0 Å². The van der Waals surface area contributed by atoms with E-state index in [2.05, 4.69) is 131 Å². The maximum atomic E-state index is 10.4. The number of nitrogens with zero attached hydrogens (tertiary/aromatic N) is 4. The van der Waals surface area contributed by atoms with Crippen LogP contribution in [0, 0.1) is 31.8 Å². The minimum absolute atomic E-state index is 0.154. The summed E-state index contributed by atoms with van der Waals surface area (Å²) in [5.74, 6) is 0. The maximum absolute atomic E-state index is 10.4. The van der Waals surface area contributed by atoms with Crippen LogP contribution in [-0.4, -0.2) is 22.7 Å². The quantitative estimate of drug-likeness (QED) is 0.221. The van der Waals surface area contributed by atoms with Gasteiger partial charge in [0.2, 0.25) is 0 Å². The molecule has 0 aliphatic heterocycles. The lowest BCUT2D eigenvalue weighted by Crippen LogP contribution is -2.54. The fraction of sp³-hybridized carbons (Fsp3) is 0.105. The zero-order chi connectivity index (χ0) is 30.8. The molecule has 2 aromatic heterocycles. The molecule has 44 heavy (non-hydrogen) atoms. The highest BCUT2D eigenvalue weighted by Gasteiger charge is 2.32. The number of hydrogen-bond acceptors (Lipinski definition) is 1. The molecule has 0 saturated heterocycles. The van der Waals surface area contributed by atoms with Crippen molar-refractivity contribution in [1.82, 2.24) is 8.96 Å². The predicted molar refractivity (Wildman–Crippen MR) is 186 cm³/mol. The Kier molecular flexibility index (Phi) is 7.84. The first-order valence-corrected chi connectivity index (χ1v) is 14.9. The van der Waals surface area contributed by atoms with Crippen LogP contribution in [0.15, 0.2) is 121 Å². The van der Waals surface area contributed by atoms with E-state index in [1.54, 1.807) is 0 Å². The fourth-order valence-corrected chi connectivity index (χ4v) is 6.76. The molecule has 0 fully saturated rings. The number of hydrogen-bond donors (Lipinski definition) is 0. The molecule has 0 aliphatic carbocycles.